The third-order valence-corrected chi connectivity index (χ3v) is 3.59. The van der Waals surface area contributed by atoms with Crippen LogP contribution in [-0.4, -0.2) is 37.0 Å². The van der Waals surface area contributed by atoms with Crippen LogP contribution in [0.25, 0.3) is 0 Å². The molecule has 0 bridgehead atoms. The molecule has 1 amide bonds. The van der Waals surface area contributed by atoms with Gasteiger partial charge in [-0.15, -0.1) is 0 Å². The van der Waals surface area contributed by atoms with Crippen molar-refractivity contribution in [2.75, 3.05) is 31.1 Å². The van der Waals surface area contributed by atoms with Gasteiger partial charge in [-0.3, -0.25) is 4.79 Å². The van der Waals surface area contributed by atoms with E-state index in [4.69, 9.17) is 0 Å². The van der Waals surface area contributed by atoms with Crippen molar-refractivity contribution in [3.63, 3.8) is 0 Å². The average Bonchev–Trinajstić information content (AvgIpc) is 2.65. The van der Waals surface area contributed by atoms with E-state index in [2.05, 4.69) is 10.6 Å². The van der Waals surface area contributed by atoms with Crippen LogP contribution in [-0.2, 0) is 4.79 Å². The molecule has 0 aromatic carbocycles. The third kappa shape index (κ3) is 4.86. The van der Waals surface area contributed by atoms with Crippen LogP contribution in [0.4, 0.5) is 0 Å². The first-order valence-electron chi connectivity index (χ1n) is 5.38. The lowest BCUT2D eigenvalue weighted by molar-refractivity contribution is -0.120. The monoisotopic (exact) mass is 216 g/mol. The zero-order valence-corrected chi connectivity index (χ0v) is 9.66. The first-order valence-corrected chi connectivity index (χ1v) is 6.53. The zero-order valence-electron chi connectivity index (χ0n) is 8.84. The smallest absolute Gasteiger partial charge is 0.221 e. The van der Waals surface area contributed by atoms with E-state index < -0.39 is 0 Å². The molecule has 0 radical (unpaired) electrons. The molecule has 1 rings (SSSR count). The summed E-state index contributed by atoms with van der Waals surface area (Å²) < 4.78 is 0. The highest BCUT2D eigenvalue weighted by molar-refractivity contribution is 7.99. The number of carbonyl (C=O) groups is 1. The summed E-state index contributed by atoms with van der Waals surface area (Å²) in [6.07, 6.45) is 1.94. The van der Waals surface area contributed by atoms with Crippen LogP contribution in [0.1, 0.15) is 19.8 Å². The maximum Gasteiger partial charge on any atom is 0.221 e. The van der Waals surface area contributed by atoms with Gasteiger partial charge >= 0.3 is 0 Å². The predicted octanol–water partition coefficient (Wildman–Crippen LogP) is 0.855. The Kier molecular flexibility index (Phi) is 6.03. The molecular weight excluding hydrogens is 196 g/mol. The minimum atomic E-state index is 0.154. The van der Waals surface area contributed by atoms with Gasteiger partial charge in [0.2, 0.25) is 5.91 Å². The SMILES string of the molecule is CCNC(=O)CCNCC1CCSC1. The van der Waals surface area contributed by atoms with Crippen LogP contribution in [0.5, 0.6) is 0 Å². The van der Waals surface area contributed by atoms with E-state index in [1.54, 1.807) is 0 Å². The van der Waals surface area contributed by atoms with Crippen molar-refractivity contribution >= 4 is 17.7 Å². The van der Waals surface area contributed by atoms with Crippen molar-refractivity contribution in [1.29, 1.82) is 0 Å². The molecule has 3 nitrogen and oxygen atoms in total. The molecule has 1 heterocycles. The van der Waals surface area contributed by atoms with Gasteiger partial charge in [0.25, 0.3) is 0 Å². The Morgan fingerprint density at radius 1 is 1.57 bits per heavy atom. The van der Waals surface area contributed by atoms with Crippen LogP contribution < -0.4 is 10.6 Å². The molecular formula is C10H20N2OS. The van der Waals surface area contributed by atoms with Crippen LogP contribution >= 0.6 is 11.8 Å². The van der Waals surface area contributed by atoms with Crippen LogP contribution in [0.3, 0.4) is 0 Å². The number of carbonyl (C=O) groups excluding carboxylic acids is 1. The average molecular weight is 216 g/mol. The Morgan fingerprint density at radius 3 is 3.07 bits per heavy atom. The molecule has 4 heteroatoms. The van der Waals surface area contributed by atoms with Crippen LogP contribution in [0, 0.1) is 5.92 Å². The normalized spacial score (nSPS) is 21.1. The minimum absolute atomic E-state index is 0.154. The second-order valence-electron chi connectivity index (χ2n) is 3.64. The van der Waals surface area contributed by atoms with Gasteiger partial charge in [-0.05, 0) is 37.3 Å². The van der Waals surface area contributed by atoms with E-state index in [1.165, 1.54) is 17.9 Å². The van der Waals surface area contributed by atoms with E-state index >= 15 is 0 Å². The highest BCUT2D eigenvalue weighted by atomic mass is 32.2. The molecule has 1 unspecified atom stereocenters. The van der Waals surface area contributed by atoms with E-state index in [1.807, 2.05) is 18.7 Å². The molecule has 1 aliphatic heterocycles. The van der Waals surface area contributed by atoms with Gasteiger partial charge in [0.15, 0.2) is 0 Å². The second-order valence-corrected chi connectivity index (χ2v) is 4.79. The maximum atomic E-state index is 11.1. The van der Waals surface area contributed by atoms with Crippen molar-refractivity contribution in [3.8, 4) is 0 Å². The van der Waals surface area contributed by atoms with Crippen molar-refractivity contribution in [3.05, 3.63) is 0 Å². The summed E-state index contributed by atoms with van der Waals surface area (Å²) in [5, 5.41) is 6.13. The van der Waals surface area contributed by atoms with Crippen LogP contribution in [0.2, 0.25) is 0 Å². The minimum Gasteiger partial charge on any atom is -0.356 e. The summed E-state index contributed by atoms with van der Waals surface area (Å²) >= 11 is 2.04. The number of nitrogens with one attached hydrogen (secondary N) is 2. The number of thioether (sulfide) groups is 1. The fourth-order valence-electron chi connectivity index (χ4n) is 1.54. The number of hydrogen-bond donors (Lipinski definition) is 2. The first kappa shape index (κ1) is 11.9. The lowest BCUT2D eigenvalue weighted by Gasteiger charge is -2.09. The molecule has 82 valence electrons. The van der Waals surface area contributed by atoms with Gasteiger partial charge in [0, 0.05) is 19.5 Å². The summed E-state index contributed by atoms with van der Waals surface area (Å²) in [6, 6.07) is 0. The van der Waals surface area contributed by atoms with E-state index in [0.29, 0.717) is 6.42 Å². The molecule has 2 N–H and O–H groups in total. The quantitative estimate of drug-likeness (QED) is 0.647. The van der Waals surface area contributed by atoms with E-state index in [9.17, 15) is 4.79 Å². The highest BCUT2D eigenvalue weighted by Crippen LogP contribution is 2.22. The standard InChI is InChI=1S/C10H20N2OS/c1-2-12-10(13)3-5-11-7-9-4-6-14-8-9/h9,11H,2-8H2,1H3,(H,12,13). The summed E-state index contributed by atoms with van der Waals surface area (Å²) in [5.41, 5.74) is 0. The molecule has 0 spiro atoms. The van der Waals surface area contributed by atoms with Gasteiger partial charge < -0.3 is 10.6 Å². The topological polar surface area (TPSA) is 41.1 Å². The molecule has 0 aliphatic carbocycles. The Bertz CT molecular complexity index is 170. The molecule has 1 saturated heterocycles. The molecule has 0 aromatic rings. The summed E-state index contributed by atoms with van der Waals surface area (Å²) in [4.78, 5) is 11.1. The number of hydrogen-bond acceptors (Lipinski definition) is 3. The van der Waals surface area contributed by atoms with Crippen molar-refractivity contribution < 1.29 is 4.79 Å². The molecule has 1 atom stereocenters. The van der Waals surface area contributed by atoms with E-state index in [-0.39, 0.29) is 5.91 Å². The Balaban J connectivity index is 1.90. The second kappa shape index (κ2) is 7.12. The van der Waals surface area contributed by atoms with Crippen molar-refractivity contribution in [1.82, 2.24) is 10.6 Å². The van der Waals surface area contributed by atoms with Crippen LogP contribution in [0.15, 0.2) is 0 Å². The van der Waals surface area contributed by atoms with Gasteiger partial charge in [-0.25, -0.2) is 0 Å². The van der Waals surface area contributed by atoms with E-state index in [0.717, 1.165) is 25.6 Å². The summed E-state index contributed by atoms with van der Waals surface area (Å²) in [5.74, 6) is 3.58. The predicted molar refractivity (Wildman–Crippen MR) is 61.6 cm³/mol. The maximum absolute atomic E-state index is 11.1. The van der Waals surface area contributed by atoms with Gasteiger partial charge in [0.1, 0.15) is 0 Å². The van der Waals surface area contributed by atoms with Crippen molar-refractivity contribution in [2.45, 2.75) is 19.8 Å². The Morgan fingerprint density at radius 2 is 2.43 bits per heavy atom. The lowest BCUT2D eigenvalue weighted by atomic mass is 10.1. The summed E-state index contributed by atoms with van der Waals surface area (Å²) in [6.45, 7) is 4.57. The lowest BCUT2D eigenvalue weighted by Crippen LogP contribution is -2.29. The first-order chi connectivity index (χ1) is 6.83. The Hall–Kier alpha value is -0.220. The third-order valence-electron chi connectivity index (χ3n) is 2.36. The number of rotatable bonds is 6. The fraction of sp³-hybridized carbons (Fsp3) is 0.900. The van der Waals surface area contributed by atoms with Crippen molar-refractivity contribution in [2.24, 2.45) is 5.92 Å². The fourth-order valence-corrected chi connectivity index (χ4v) is 2.82. The summed E-state index contributed by atoms with van der Waals surface area (Å²) in [7, 11) is 0. The largest absolute Gasteiger partial charge is 0.356 e. The van der Waals surface area contributed by atoms with Gasteiger partial charge in [-0.1, -0.05) is 0 Å². The van der Waals surface area contributed by atoms with Gasteiger partial charge in [0.05, 0.1) is 0 Å². The molecule has 0 saturated carbocycles. The van der Waals surface area contributed by atoms with Gasteiger partial charge in [-0.2, -0.15) is 11.8 Å². The molecule has 1 aliphatic rings. The highest BCUT2D eigenvalue weighted by Gasteiger charge is 2.14. The zero-order chi connectivity index (χ0) is 10.2. The molecule has 14 heavy (non-hydrogen) atoms. The number of amides is 1. The molecule has 0 aromatic heterocycles. The molecule has 1 fully saturated rings. The Labute approximate surface area is 90.4 Å².